The summed E-state index contributed by atoms with van der Waals surface area (Å²) in [5.74, 6) is 1.78. The Labute approximate surface area is 163 Å². The van der Waals surface area contributed by atoms with Gasteiger partial charge in [-0.25, -0.2) is 0 Å². The predicted molar refractivity (Wildman–Crippen MR) is 103 cm³/mol. The number of carbonyl (C=O) groups excluding carboxylic acids is 2. The smallest absolute Gasteiger partial charge is 0.255 e. The van der Waals surface area contributed by atoms with Crippen molar-refractivity contribution in [1.29, 1.82) is 0 Å². The Morgan fingerprint density at radius 1 is 1.21 bits per heavy atom. The van der Waals surface area contributed by atoms with Crippen LogP contribution in [0.25, 0.3) is 0 Å². The van der Waals surface area contributed by atoms with Crippen LogP contribution in [-0.4, -0.2) is 38.3 Å². The highest BCUT2D eigenvalue weighted by Crippen LogP contribution is 2.37. The molecule has 28 heavy (non-hydrogen) atoms. The lowest BCUT2D eigenvalue weighted by atomic mass is 10.1. The van der Waals surface area contributed by atoms with E-state index in [0.717, 1.165) is 5.69 Å². The normalized spacial score (nSPS) is 17.7. The van der Waals surface area contributed by atoms with E-state index in [1.54, 1.807) is 23.1 Å². The van der Waals surface area contributed by atoms with Gasteiger partial charge in [-0.05, 0) is 31.2 Å². The maximum absolute atomic E-state index is 12.5. The molecule has 2 aliphatic rings. The second-order valence-electron chi connectivity index (χ2n) is 6.75. The summed E-state index contributed by atoms with van der Waals surface area (Å²) in [7, 11) is 0. The van der Waals surface area contributed by atoms with E-state index in [4.69, 9.17) is 14.2 Å². The van der Waals surface area contributed by atoms with Crippen LogP contribution in [0.2, 0.25) is 0 Å². The van der Waals surface area contributed by atoms with Crippen LogP contribution in [0.3, 0.4) is 0 Å². The molecule has 0 bridgehead atoms. The number of para-hydroxylation sites is 1. The van der Waals surface area contributed by atoms with Gasteiger partial charge in [-0.2, -0.15) is 0 Å². The Morgan fingerprint density at radius 2 is 2.04 bits per heavy atom. The average molecular weight is 382 g/mol. The Bertz CT molecular complexity index is 898. The van der Waals surface area contributed by atoms with Gasteiger partial charge >= 0.3 is 0 Å². The van der Waals surface area contributed by atoms with Gasteiger partial charge in [-0.3, -0.25) is 9.59 Å². The second-order valence-corrected chi connectivity index (χ2v) is 6.75. The van der Waals surface area contributed by atoms with Gasteiger partial charge in [0.25, 0.3) is 5.91 Å². The van der Waals surface area contributed by atoms with Crippen molar-refractivity contribution < 1.29 is 23.8 Å². The summed E-state index contributed by atoms with van der Waals surface area (Å²) in [6.07, 6.45) is 0.391. The van der Waals surface area contributed by atoms with E-state index in [1.807, 2.05) is 31.2 Å². The number of ether oxygens (including phenoxy) is 3. The summed E-state index contributed by atoms with van der Waals surface area (Å²) in [5, 5.41) is 2.93. The Hall–Kier alpha value is -3.22. The molecular formula is C21H22N2O5. The molecule has 1 unspecified atom stereocenters. The molecule has 1 atom stereocenters. The standard InChI is InChI=1S/C21H22N2O5/c1-2-26-17-6-4-3-5-16(17)21(25)22-11-14-9-20(24)23(12-14)15-7-8-18-19(10-15)28-13-27-18/h3-8,10,14H,2,9,11-13H2,1H3,(H,22,25). The molecule has 2 heterocycles. The van der Waals surface area contributed by atoms with Crippen LogP contribution in [0.1, 0.15) is 23.7 Å². The molecule has 146 valence electrons. The molecule has 2 amide bonds. The highest BCUT2D eigenvalue weighted by Gasteiger charge is 2.32. The van der Waals surface area contributed by atoms with E-state index in [1.165, 1.54) is 0 Å². The number of hydrogen-bond acceptors (Lipinski definition) is 5. The molecule has 2 aromatic rings. The summed E-state index contributed by atoms with van der Waals surface area (Å²) >= 11 is 0. The molecule has 0 spiro atoms. The zero-order valence-corrected chi connectivity index (χ0v) is 15.6. The van der Waals surface area contributed by atoms with Gasteiger partial charge in [0, 0.05) is 37.2 Å². The number of hydrogen-bond donors (Lipinski definition) is 1. The summed E-state index contributed by atoms with van der Waals surface area (Å²) < 4.78 is 16.2. The number of anilines is 1. The number of fused-ring (bicyclic) bond motifs is 1. The highest BCUT2D eigenvalue weighted by molar-refractivity contribution is 5.98. The minimum atomic E-state index is -0.196. The van der Waals surface area contributed by atoms with Crippen LogP contribution in [0.15, 0.2) is 42.5 Å². The number of benzene rings is 2. The lowest BCUT2D eigenvalue weighted by Crippen LogP contribution is -2.31. The fourth-order valence-corrected chi connectivity index (χ4v) is 3.49. The van der Waals surface area contributed by atoms with Crippen LogP contribution in [0.4, 0.5) is 5.69 Å². The number of nitrogens with zero attached hydrogens (tertiary/aromatic N) is 1. The van der Waals surface area contributed by atoms with Crippen molar-refractivity contribution in [2.45, 2.75) is 13.3 Å². The van der Waals surface area contributed by atoms with Crippen LogP contribution < -0.4 is 24.4 Å². The van der Waals surface area contributed by atoms with Crippen molar-refractivity contribution in [3.63, 3.8) is 0 Å². The molecule has 7 heteroatoms. The van der Waals surface area contributed by atoms with Gasteiger partial charge in [-0.1, -0.05) is 12.1 Å². The van der Waals surface area contributed by atoms with E-state index < -0.39 is 0 Å². The van der Waals surface area contributed by atoms with Gasteiger partial charge in [0.05, 0.1) is 12.2 Å². The zero-order valence-electron chi connectivity index (χ0n) is 15.6. The first-order valence-electron chi connectivity index (χ1n) is 9.35. The maximum atomic E-state index is 12.5. The van der Waals surface area contributed by atoms with Crippen LogP contribution in [0, 0.1) is 5.92 Å². The van der Waals surface area contributed by atoms with Crippen molar-refractivity contribution in [3.05, 3.63) is 48.0 Å². The largest absolute Gasteiger partial charge is 0.493 e. The summed E-state index contributed by atoms with van der Waals surface area (Å²) in [5.41, 5.74) is 1.28. The average Bonchev–Trinajstić information content (AvgIpc) is 3.32. The molecule has 1 N–H and O–H groups in total. The Morgan fingerprint density at radius 3 is 2.89 bits per heavy atom. The number of carbonyl (C=O) groups is 2. The van der Waals surface area contributed by atoms with Crippen molar-refractivity contribution in [2.75, 3.05) is 31.4 Å². The monoisotopic (exact) mass is 382 g/mol. The lowest BCUT2D eigenvalue weighted by molar-refractivity contribution is -0.117. The molecule has 0 aliphatic carbocycles. The van der Waals surface area contributed by atoms with Crippen molar-refractivity contribution in [3.8, 4) is 17.2 Å². The van der Waals surface area contributed by atoms with Crippen molar-refractivity contribution >= 4 is 17.5 Å². The molecule has 2 aromatic carbocycles. The number of rotatable bonds is 6. The first-order valence-corrected chi connectivity index (χ1v) is 9.35. The van der Waals surface area contributed by atoms with Gasteiger partial charge in [0.15, 0.2) is 11.5 Å². The topological polar surface area (TPSA) is 77.1 Å². The van der Waals surface area contributed by atoms with E-state index in [0.29, 0.717) is 48.9 Å². The third-order valence-electron chi connectivity index (χ3n) is 4.86. The summed E-state index contributed by atoms with van der Waals surface area (Å²) in [6.45, 7) is 3.54. The van der Waals surface area contributed by atoms with E-state index in [2.05, 4.69) is 5.32 Å². The molecule has 1 saturated heterocycles. The third kappa shape index (κ3) is 3.60. The first kappa shape index (κ1) is 18.2. The lowest BCUT2D eigenvalue weighted by Gasteiger charge is -2.17. The Balaban J connectivity index is 1.38. The summed E-state index contributed by atoms with van der Waals surface area (Å²) in [4.78, 5) is 26.7. The van der Waals surface area contributed by atoms with Crippen LogP contribution >= 0.6 is 0 Å². The minimum absolute atomic E-state index is 0.0350. The first-order chi connectivity index (χ1) is 13.7. The van der Waals surface area contributed by atoms with E-state index >= 15 is 0 Å². The molecular weight excluding hydrogens is 360 g/mol. The fourth-order valence-electron chi connectivity index (χ4n) is 3.49. The van der Waals surface area contributed by atoms with Crippen molar-refractivity contribution in [2.24, 2.45) is 5.92 Å². The van der Waals surface area contributed by atoms with E-state index in [9.17, 15) is 9.59 Å². The quantitative estimate of drug-likeness (QED) is 0.831. The van der Waals surface area contributed by atoms with Crippen LogP contribution in [-0.2, 0) is 4.79 Å². The predicted octanol–water partition coefficient (Wildman–Crippen LogP) is 2.60. The number of amides is 2. The molecule has 0 saturated carbocycles. The third-order valence-corrected chi connectivity index (χ3v) is 4.86. The molecule has 0 radical (unpaired) electrons. The fraction of sp³-hybridized carbons (Fsp3) is 0.333. The molecule has 7 nitrogen and oxygen atoms in total. The Kier molecular flexibility index (Phi) is 5.06. The van der Waals surface area contributed by atoms with Crippen molar-refractivity contribution in [1.82, 2.24) is 5.32 Å². The molecule has 4 rings (SSSR count). The van der Waals surface area contributed by atoms with E-state index in [-0.39, 0.29) is 24.5 Å². The molecule has 2 aliphatic heterocycles. The minimum Gasteiger partial charge on any atom is -0.493 e. The SMILES string of the molecule is CCOc1ccccc1C(=O)NCC1CC(=O)N(c2ccc3c(c2)OCO3)C1. The van der Waals surface area contributed by atoms with Crippen LogP contribution in [0.5, 0.6) is 17.2 Å². The molecule has 0 aromatic heterocycles. The van der Waals surface area contributed by atoms with Gasteiger partial charge in [0.2, 0.25) is 12.7 Å². The summed E-state index contributed by atoms with van der Waals surface area (Å²) in [6, 6.07) is 12.6. The number of nitrogens with one attached hydrogen (secondary N) is 1. The zero-order chi connectivity index (χ0) is 19.5. The van der Waals surface area contributed by atoms with Gasteiger partial charge < -0.3 is 24.4 Å². The molecule has 1 fully saturated rings. The van der Waals surface area contributed by atoms with Gasteiger partial charge in [0.1, 0.15) is 5.75 Å². The maximum Gasteiger partial charge on any atom is 0.255 e. The van der Waals surface area contributed by atoms with Gasteiger partial charge in [-0.15, -0.1) is 0 Å². The second kappa shape index (κ2) is 7.80. The highest BCUT2D eigenvalue weighted by atomic mass is 16.7.